The van der Waals surface area contributed by atoms with Crippen molar-refractivity contribution in [3.8, 4) is 5.75 Å². The first-order valence-corrected chi connectivity index (χ1v) is 8.17. The molecule has 0 bridgehead atoms. The molecule has 3 heterocycles. The summed E-state index contributed by atoms with van der Waals surface area (Å²) in [5.74, 6) is -0.854. The first-order chi connectivity index (χ1) is 13.1. The van der Waals surface area contributed by atoms with Gasteiger partial charge in [0, 0.05) is 23.5 Å². The third-order valence-electron chi connectivity index (χ3n) is 4.52. The lowest BCUT2D eigenvalue weighted by molar-refractivity contribution is -0.116. The largest absolute Gasteiger partial charge is 0.496 e. The lowest BCUT2D eigenvalue weighted by Gasteiger charge is -2.23. The number of hydrogen-bond acceptors (Lipinski definition) is 6. The second-order valence-electron chi connectivity index (χ2n) is 6.14. The molecule has 3 aromatic rings. The third kappa shape index (κ3) is 3.01. The number of methoxy groups -OCH3 is 1. The zero-order valence-corrected chi connectivity index (χ0v) is 14.3. The van der Waals surface area contributed by atoms with Gasteiger partial charge in [-0.2, -0.15) is 10.2 Å². The first-order valence-electron chi connectivity index (χ1n) is 8.17. The van der Waals surface area contributed by atoms with Crippen molar-refractivity contribution in [3.63, 3.8) is 0 Å². The Balaban J connectivity index is 1.79. The summed E-state index contributed by atoms with van der Waals surface area (Å²) < 4.78 is 7.07. The maximum Gasteiger partial charge on any atom is 0.354 e. The van der Waals surface area contributed by atoms with Crippen LogP contribution in [0.2, 0.25) is 0 Å². The molecule has 0 saturated carbocycles. The Morgan fingerprint density at radius 1 is 1.44 bits per heavy atom. The van der Waals surface area contributed by atoms with Gasteiger partial charge in [0.15, 0.2) is 5.82 Å². The molecule has 0 spiro atoms. The molecule has 4 rings (SSSR count). The van der Waals surface area contributed by atoms with Gasteiger partial charge in [0.25, 0.3) is 0 Å². The smallest absolute Gasteiger partial charge is 0.354 e. The summed E-state index contributed by atoms with van der Waals surface area (Å²) in [6.07, 6.45) is 3.16. The number of carbonyl (C=O) groups is 2. The highest BCUT2D eigenvalue weighted by Crippen LogP contribution is 2.39. The van der Waals surface area contributed by atoms with E-state index < -0.39 is 11.9 Å². The Hall–Kier alpha value is -3.69. The number of aromatic nitrogens is 5. The van der Waals surface area contributed by atoms with Gasteiger partial charge in [-0.1, -0.05) is 6.07 Å². The van der Waals surface area contributed by atoms with E-state index in [4.69, 9.17) is 4.74 Å². The number of rotatable bonds is 5. The minimum atomic E-state index is -1.12. The fourth-order valence-corrected chi connectivity index (χ4v) is 3.33. The molecule has 10 heteroatoms. The molecule has 0 radical (unpaired) electrons. The summed E-state index contributed by atoms with van der Waals surface area (Å²) in [4.78, 5) is 27.6. The second-order valence-corrected chi connectivity index (χ2v) is 6.14. The number of fused-ring (bicyclic) bond motifs is 1. The number of carboxylic acid groups (broad SMARTS) is 1. The monoisotopic (exact) mass is 368 g/mol. The Morgan fingerprint density at radius 2 is 2.30 bits per heavy atom. The summed E-state index contributed by atoms with van der Waals surface area (Å²) in [5, 5.41) is 22.6. The van der Waals surface area contributed by atoms with E-state index in [0.717, 1.165) is 11.1 Å². The lowest BCUT2D eigenvalue weighted by atomic mass is 9.85. The normalized spacial score (nSPS) is 15.9. The number of hydrogen-bond donors (Lipinski definition) is 3. The standard InChI is InChI=1S/C17H16N6O4/c1-27-12-3-2-9(4-10(12)6-23-8-18-7-19-23)11-5-13(24)20-16-14(11)15(17(25)26)21-22-16/h2-4,7-8,11H,5-6H2,1H3,(H,25,26)(H2,20,21,22,24)/t11-/m1/s1. The van der Waals surface area contributed by atoms with Gasteiger partial charge in [-0.15, -0.1) is 0 Å². The second kappa shape index (κ2) is 6.56. The van der Waals surface area contributed by atoms with Gasteiger partial charge in [0.05, 0.1) is 13.7 Å². The summed E-state index contributed by atoms with van der Waals surface area (Å²) in [5.41, 5.74) is 2.09. The quantitative estimate of drug-likeness (QED) is 0.616. The van der Waals surface area contributed by atoms with E-state index in [0.29, 0.717) is 17.9 Å². The van der Waals surface area contributed by atoms with Crippen LogP contribution in [0.15, 0.2) is 30.9 Å². The number of carboxylic acids is 1. The number of anilines is 1. The number of nitrogens with one attached hydrogen (secondary N) is 2. The van der Waals surface area contributed by atoms with E-state index in [1.165, 1.54) is 6.33 Å². The zero-order valence-electron chi connectivity index (χ0n) is 14.3. The molecule has 1 aliphatic heterocycles. The van der Waals surface area contributed by atoms with E-state index in [-0.39, 0.29) is 23.8 Å². The highest BCUT2D eigenvalue weighted by molar-refractivity contribution is 5.98. The number of nitrogens with zero attached hydrogens (tertiary/aromatic N) is 4. The summed E-state index contributed by atoms with van der Waals surface area (Å²) >= 11 is 0. The van der Waals surface area contributed by atoms with Gasteiger partial charge in [-0.05, 0) is 17.7 Å². The predicted molar refractivity (Wildman–Crippen MR) is 92.8 cm³/mol. The van der Waals surface area contributed by atoms with Crippen LogP contribution in [0, 0.1) is 0 Å². The summed E-state index contributed by atoms with van der Waals surface area (Å²) in [7, 11) is 1.57. The molecule has 2 aromatic heterocycles. The highest BCUT2D eigenvalue weighted by atomic mass is 16.5. The summed E-state index contributed by atoms with van der Waals surface area (Å²) in [6.45, 7) is 0.431. The molecule has 1 atom stereocenters. The molecule has 1 amide bonds. The van der Waals surface area contributed by atoms with Crippen molar-refractivity contribution in [2.45, 2.75) is 18.9 Å². The van der Waals surface area contributed by atoms with Crippen LogP contribution in [0.4, 0.5) is 5.82 Å². The molecule has 0 saturated heterocycles. The van der Waals surface area contributed by atoms with Crippen LogP contribution in [0.1, 0.15) is 39.5 Å². The van der Waals surface area contributed by atoms with E-state index in [9.17, 15) is 14.7 Å². The van der Waals surface area contributed by atoms with Gasteiger partial charge in [-0.3, -0.25) is 9.89 Å². The fourth-order valence-electron chi connectivity index (χ4n) is 3.33. The molecular weight excluding hydrogens is 352 g/mol. The number of carbonyl (C=O) groups excluding carboxylic acids is 1. The fraction of sp³-hybridized carbons (Fsp3) is 0.235. The van der Waals surface area contributed by atoms with Crippen molar-refractivity contribution in [1.29, 1.82) is 0 Å². The van der Waals surface area contributed by atoms with Crippen molar-refractivity contribution in [2.75, 3.05) is 12.4 Å². The number of benzene rings is 1. The number of amides is 1. The molecule has 1 aliphatic rings. The van der Waals surface area contributed by atoms with Gasteiger partial charge in [0.1, 0.15) is 24.1 Å². The van der Waals surface area contributed by atoms with Crippen molar-refractivity contribution < 1.29 is 19.4 Å². The molecule has 138 valence electrons. The predicted octanol–water partition coefficient (Wildman–Crippen LogP) is 1.23. The van der Waals surface area contributed by atoms with Crippen molar-refractivity contribution in [3.05, 3.63) is 53.2 Å². The molecular formula is C17H16N6O4. The lowest BCUT2D eigenvalue weighted by Crippen LogP contribution is -2.24. The van der Waals surface area contributed by atoms with Crippen LogP contribution in [-0.4, -0.2) is 49.1 Å². The van der Waals surface area contributed by atoms with Crippen LogP contribution < -0.4 is 10.1 Å². The van der Waals surface area contributed by atoms with E-state index in [1.54, 1.807) is 24.2 Å². The SMILES string of the molecule is COc1ccc([C@H]2CC(=O)Nc3n[nH]c(C(=O)O)c32)cc1Cn1cncn1. The average Bonchev–Trinajstić information content (AvgIpc) is 3.30. The number of H-pyrrole nitrogens is 1. The van der Waals surface area contributed by atoms with Gasteiger partial charge < -0.3 is 15.2 Å². The van der Waals surface area contributed by atoms with E-state index in [2.05, 4.69) is 25.6 Å². The molecule has 1 aromatic carbocycles. The van der Waals surface area contributed by atoms with E-state index in [1.807, 2.05) is 12.1 Å². The Bertz CT molecular complexity index is 1010. The zero-order chi connectivity index (χ0) is 19.0. The van der Waals surface area contributed by atoms with Crippen molar-refractivity contribution >= 4 is 17.7 Å². The molecule has 0 fully saturated rings. The van der Waals surface area contributed by atoms with Crippen molar-refractivity contribution in [2.24, 2.45) is 0 Å². The maximum absolute atomic E-state index is 12.1. The third-order valence-corrected chi connectivity index (χ3v) is 4.52. The number of ether oxygens (including phenoxy) is 1. The molecule has 0 unspecified atom stereocenters. The van der Waals surface area contributed by atoms with Crippen LogP contribution in [-0.2, 0) is 11.3 Å². The average molecular weight is 368 g/mol. The van der Waals surface area contributed by atoms with Crippen molar-refractivity contribution in [1.82, 2.24) is 25.0 Å². The number of aromatic amines is 1. The first kappa shape index (κ1) is 16.8. The topological polar surface area (TPSA) is 135 Å². The van der Waals surface area contributed by atoms with Gasteiger partial charge in [-0.25, -0.2) is 14.5 Å². The number of aromatic carboxylic acids is 1. The molecule has 27 heavy (non-hydrogen) atoms. The Morgan fingerprint density at radius 3 is 3.00 bits per heavy atom. The minimum Gasteiger partial charge on any atom is -0.496 e. The molecule has 3 N–H and O–H groups in total. The Labute approximate surface area is 153 Å². The minimum absolute atomic E-state index is 0.0244. The van der Waals surface area contributed by atoms with Gasteiger partial charge >= 0.3 is 5.97 Å². The van der Waals surface area contributed by atoms with E-state index >= 15 is 0 Å². The molecule has 0 aliphatic carbocycles. The van der Waals surface area contributed by atoms with Crippen LogP contribution in [0.25, 0.3) is 0 Å². The van der Waals surface area contributed by atoms with Gasteiger partial charge in [0.2, 0.25) is 5.91 Å². The van der Waals surface area contributed by atoms with Crippen LogP contribution >= 0.6 is 0 Å². The Kier molecular flexibility index (Phi) is 4.07. The summed E-state index contributed by atoms with van der Waals surface area (Å²) in [6, 6.07) is 5.52. The van der Waals surface area contributed by atoms with Crippen LogP contribution in [0.3, 0.4) is 0 Å². The van der Waals surface area contributed by atoms with Crippen LogP contribution in [0.5, 0.6) is 5.75 Å². The maximum atomic E-state index is 12.1. The highest BCUT2D eigenvalue weighted by Gasteiger charge is 2.34. The molecule has 10 nitrogen and oxygen atoms in total.